The molecule has 0 spiro atoms. The van der Waals surface area contributed by atoms with Crippen molar-refractivity contribution in [3.05, 3.63) is 29.8 Å². The van der Waals surface area contributed by atoms with Crippen molar-refractivity contribution in [3.8, 4) is 5.75 Å². The van der Waals surface area contributed by atoms with Crippen LogP contribution in [0.1, 0.15) is 5.56 Å². The molecule has 0 saturated heterocycles. The molecular formula is C14H23N3OS. The van der Waals surface area contributed by atoms with Crippen LogP contribution in [-0.4, -0.2) is 50.6 Å². The molecule has 1 aromatic carbocycles. The summed E-state index contributed by atoms with van der Waals surface area (Å²) in [5.41, 5.74) is 1.15. The van der Waals surface area contributed by atoms with Crippen LogP contribution in [0.5, 0.6) is 5.75 Å². The number of ether oxygens (including phenoxy) is 1. The molecule has 0 heterocycles. The highest BCUT2D eigenvalue weighted by molar-refractivity contribution is 7.98. The van der Waals surface area contributed by atoms with Crippen LogP contribution in [-0.2, 0) is 6.54 Å². The quantitative estimate of drug-likeness (QED) is 0.492. The molecule has 106 valence electrons. The SMILES string of the molecule is CN=C(NCCSC)N(C)Cc1ccccc1OC. The van der Waals surface area contributed by atoms with E-state index in [0.717, 1.165) is 36.1 Å². The van der Waals surface area contributed by atoms with Crippen molar-refractivity contribution in [2.45, 2.75) is 6.54 Å². The van der Waals surface area contributed by atoms with Gasteiger partial charge in [-0.1, -0.05) is 18.2 Å². The maximum Gasteiger partial charge on any atom is 0.193 e. The van der Waals surface area contributed by atoms with Crippen LogP contribution in [0.2, 0.25) is 0 Å². The predicted molar refractivity (Wildman–Crippen MR) is 84.2 cm³/mol. The van der Waals surface area contributed by atoms with Crippen molar-refractivity contribution in [2.75, 3.05) is 39.8 Å². The Kier molecular flexibility index (Phi) is 7.18. The Morgan fingerprint density at radius 2 is 2.16 bits per heavy atom. The number of nitrogens with one attached hydrogen (secondary N) is 1. The second-order valence-electron chi connectivity index (χ2n) is 4.13. The second-order valence-corrected chi connectivity index (χ2v) is 5.12. The average molecular weight is 281 g/mol. The van der Waals surface area contributed by atoms with E-state index in [0.29, 0.717) is 0 Å². The molecule has 0 aromatic heterocycles. The first-order valence-corrected chi connectivity index (χ1v) is 7.65. The number of rotatable bonds is 6. The Balaban J connectivity index is 2.63. The van der Waals surface area contributed by atoms with Gasteiger partial charge in [0.1, 0.15) is 5.75 Å². The van der Waals surface area contributed by atoms with Crippen LogP contribution < -0.4 is 10.1 Å². The Bertz CT molecular complexity index is 409. The molecular weight excluding hydrogens is 258 g/mol. The first kappa shape index (κ1) is 15.7. The standard InChI is InChI=1S/C14H23N3OS/c1-15-14(16-9-10-19-4)17(2)11-12-7-5-6-8-13(12)18-3/h5-8H,9-11H2,1-4H3,(H,15,16). The summed E-state index contributed by atoms with van der Waals surface area (Å²) in [6.45, 7) is 1.69. The molecule has 0 unspecified atom stereocenters. The Labute approximate surface area is 120 Å². The van der Waals surface area contributed by atoms with E-state index in [9.17, 15) is 0 Å². The van der Waals surface area contributed by atoms with Crippen molar-refractivity contribution >= 4 is 17.7 Å². The molecule has 1 aromatic rings. The smallest absolute Gasteiger partial charge is 0.193 e. The maximum absolute atomic E-state index is 5.37. The monoisotopic (exact) mass is 281 g/mol. The summed E-state index contributed by atoms with van der Waals surface area (Å²) in [5.74, 6) is 2.88. The molecule has 0 aliphatic carbocycles. The van der Waals surface area contributed by atoms with E-state index in [1.165, 1.54) is 0 Å². The van der Waals surface area contributed by atoms with Gasteiger partial charge in [0.15, 0.2) is 5.96 Å². The topological polar surface area (TPSA) is 36.9 Å². The maximum atomic E-state index is 5.37. The molecule has 4 nitrogen and oxygen atoms in total. The van der Waals surface area contributed by atoms with Gasteiger partial charge in [0, 0.05) is 38.5 Å². The van der Waals surface area contributed by atoms with Crippen LogP contribution in [0.4, 0.5) is 0 Å². The largest absolute Gasteiger partial charge is 0.496 e. The zero-order valence-corrected chi connectivity index (χ0v) is 13.0. The highest BCUT2D eigenvalue weighted by Crippen LogP contribution is 2.18. The van der Waals surface area contributed by atoms with Crippen LogP contribution in [0.15, 0.2) is 29.3 Å². The molecule has 0 amide bonds. The number of methoxy groups -OCH3 is 1. The number of guanidine groups is 1. The van der Waals surface area contributed by atoms with Crippen molar-refractivity contribution in [1.82, 2.24) is 10.2 Å². The normalized spacial score (nSPS) is 11.3. The summed E-state index contributed by atoms with van der Waals surface area (Å²) in [7, 11) is 5.53. The highest BCUT2D eigenvalue weighted by Gasteiger charge is 2.09. The number of para-hydroxylation sites is 1. The van der Waals surface area contributed by atoms with E-state index in [1.807, 2.05) is 37.0 Å². The fraction of sp³-hybridized carbons (Fsp3) is 0.500. The third kappa shape index (κ3) is 5.03. The lowest BCUT2D eigenvalue weighted by Crippen LogP contribution is -2.39. The van der Waals surface area contributed by atoms with Crippen molar-refractivity contribution in [1.29, 1.82) is 0 Å². The van der Waals surface area contributed by atoms with Gasteiger partial charge in [-0.25, -0.2) is 0 Å². The van der Waals surface area contributed by atoms with Crippen molar-refractivity contribution in [3.63, 3.8) is 0 Å². The third-order valence-corrected chi connectivity index (χ3v) is 3.38. The molecule has 1 N–H and O–H groups in total. The fourth-order valence-electron chi connectivity index (χ4n) is 1.81. The summed E-state index contributed by atoms with van der Waals surface area (Å²) in [6, 6.07) is 8.06. The minimum Gasteiger partial charge on any atom is -0.496 e. The summed E-state index contributed by atoms with van der Waals surface area (Å²) >= 11 is 1.82. The minimum atomic E-state index is 0.767. The molecule has 19 heavy (non-hydrogen) atoms. The van der Waals surface area contributed by atoms with Crippen LogP contribution in [0, 0.1) is 0 Å². The molecule has 0 fully saturated rings. The Morgan fingerprint density at radius 3 is 2.79 bits per heavy atom. The van der Waals surface area contributed by atoms with E-state index >= 15 is 0 Å². The van der Waals surface area contributed by atoms with E-state index in [4.69, 9.17) is 4.74 Å². The van der Waals surface area contributed by atoms with Gasteiger partial charge in [0.05, 0.1) is 7.11 Å². The lowest BCUT2D eigenvalue weighted by molar-refractivity contribution is 0.396. The number of hydrogen-bond acceptors (Lipinski definition) is 3. The van der Waals surface area contributed by atoms with Gasteiger partial charge in [0.25, 0.3) is 0 Å². The third-order valence-electron chi connectivity index (χ3n) is 2.76. The average Bonchev–Trinajstić information content (AvgIpc) is 2.44. The molecule has 0 atom stereocenters. The first-order valence-electron chi connectivity index (χ1n) is 6.25. The second kappa shape index (κ2) is 8.69. The number of thioether (sulfide) groups is 1. The van der Waals surface area contributed by atoms with Gasteiger partial charge in [-0.2, -0.15) is 11.8 Å². The number of hydrogen-bond donors (Lipinski definition) is 1. The van der Waals surface area contributed by atoms with Gasteiger partial charge in [-0.15, -0.1) is 0 Å². The summed E-state index contributed by atoms with van der Waals surface area (Å²) in [4.78, 5) is 6.39. The fourth-order valence-corrected chi connectivity index (χ4v) is 2.12. The lowest BCUT2D eigenvalue weighted by atomic mass is 10.2. The van der Waals surface area contributed by atoms with Gasteiger partial charge in [-0.05, 0) is 12.3 Å². The zero-order valence-electron chi connectivity index (χ0n) is 12.1. The Morgan fingerprint density at radius 1 is 1.42 bits per heavy atom. The summed E-state index contributed by atoms with van der Waals surface area (Å²) < 4.78 is 5.37. The molecule has 0 bridgehead atoms. The van der Waals surface area contributed by atoms with Gasteiger partial charge in [-0.3, -0.25) is 4.99 Å². The van der Waals surface area contributed by atoms with Gasteiger partial charge in [0.2, 0.25) is 0 Å². The number of nitrogens with zero attached hydrogens (tertiary/aromatic N) is 2. The zero-order chi connectivity index (χ0) is 14.1. The summed E-state index contributed by atoms with van der Waals surface area (Å²) in [5, 5.41) is 3.34. The Hall–Kier alpha value is -1.36. The number of benzene rings is 1. The molecule has 5 heteroatoms. The van der Waals surface area contributed by atoms with Crippen LogP contribution >= 0.6 is 11.8 Å². The van der Waals surface area contributed by atoms with E-state index in [1.54, 1.807) is 14.2 Å². The van der Waals surface area contributed by atoms with Gasteiger partial charge < -0.3 is 15.0 Å². The van der Waals surface area contributed by atoms with Crippen LogP contribution in [0.3, 0.4) is 0 Å². The molecule has 1 rings (SSSR count). The van der Waals surface area contributed by atoms with Crippen molar-refractivity contribution in [2.24, 2.45) is 4.99 Å². The van der Waals surface area contributed by atoms with Crippen molar-refractivity contribution < 1.29 is 4.74 Å². The molecule has 0 radical (unpaired) electrons. The minimum absolute atomic E-state index is 0.767. The molecule has 0 aliphatic rings. The lowest BCUT2D eigenvalue weighted by Gasteiger charge is -2.23. The molecule has 0 saturated carbocycles. The van der Waals surface area contributed by atoms with E-state index in [2.05, 4.69) is 27.5 Å². The predicted octanol–water partition coefficient (Wildman–Crippen LogP) is 2.07. The number of aliphatic imine (C=N–C) groups is 1. The van der Waals surface area contributed by atoms with E-state index in [-0.39, 0.29) is 0 Å². The van der Waals surface area contributed by atoms with Gasteiger partial charge >= 0.3 is 0 Å². The highest BCUT2D eigenvalue weighted by atomic mass is 32.2. The van der Waals surface area contributed by atoms with Crippen LogP contribution in [0.25, 0.3) is 0 Å². The molecule has 0 aliphatic heterocycles. The van der Waals surface area contributed by atoms with E-state index < -0.39 is 0 Å². The first-order chi connectivity index (χ1) is 9.22. The summed E-state index contributed by atoms with van der Waals surface area (Å²) in [6.07, 6.45) is 2.10.